The van der Waals surface area contributed by atoms with Crippen molar-refractivity contribution in [2.24, 2.45) is 0 Å². The van der Waals surface area contributed by atoms with Gasteiger partial charge >= 0.3 is 6.09 Å². The summed E-state index contributed by atoms with van der Waals surface area (Å²) in [5.41, 5.74) is 2.62. The van der Waals surface area contributed by atoms with Crippen LogP contribution in [-0.2, 0) is 6.54 Å². The van der Waals surface area contributed by atoms with Gasteiger partial charge in [0.25, 0.3) is 0 Å². The number of benzene rings is 2. The van der Waals surface area contributed by atoms with Gasteiger partial charge in [0.05, 0.1) is 30.0 Å². The van der Waals surface area contributed by atoms with Crippen molar-refractivity contribution in [2.75, 3.05) is 52.8 Å². The highest BCUT2D eigenvalue weighted by Crippen LogP contribution is 2.47. The first-order chi connectivity index (χ1) is 18.9. The monoisotopic (exact) mass is 571 g/mol. The van der Waals surface area contributed by atoms with E-state index in [0.717, 1.165) is 31.9 Å². The minimum absolute atomic E-state index is 0.200. The molecule has 2 aromatic heterocycles. The first kappa shape index (κ1) is 26.9. The third-order valence-corrected chi connectivity index (χ3v) is 7.22. The number of carbonyl (C=O) groups excluding carboxylic acids is 1. The van der Waals surface area contributed by atoms with Gasteiger partial charge in [-0.25, -0.2) is 14.8 Å². The lowest BCUT2D eigenvalue weighted by molar-refractivity contribution is 0.147. The second-order valence-corrected chi connectivity index (χ2v) is 9.74. The Bertz CT molecular complexity index is 1480. The normalized spacial score (nSPS) is 14.4. The van der Waals surface area contributed by atoms with Crippen LogP contribution in [0.25, 0.3) is 22.2 Å². The van der Waals surface area contributed by atoms with Crippen LogP contribution in [0.3, 0.4) is 0 Å². The molecule has 39 heavy (non-hydrogen) atoms. The lowest BCUT2D eigenvalue weighted by atomic mass is 10.0. The summed E-state index contributed by atoms with van der Waals surface area (Å²) in [6, 6.07) is 4.91. The number of halogens is 2. The number of piperazine rings is 1. The van der Waals surface area contributed by atoms with Gasteiger partial charge in [0.1, 0.15) is 22.5 Å². The van der Waals surface area contributed by atoms with E-state index >= 15 is 0 Å². The molecule has 0 spiro atoms. The average Bonchev–Trinajstić information content (AvgIpc) is 3.37. The number of hydrogen-bond donors (Lipinski definition) is 2. The van der Waals surface area contributed by atoms with E-state index in [4.69, 9.17) is 37.4 Å². The van der Waals surface area contributed by atoms with Crippen molar-refractivity contribution in [2.45, 2.75) is 6.54 Å². The zero-order chi connectivity index (χ0) is 27.5. The molecule has 1 aliphatic heterocycles. The summed E-state index contributed by atoms with van der Waals surface area (Å²) in [5, 5.41) is 3.20. The van der Waals surface area contributed by atoms with Gasteiger partial charge in [-0.15, -0.1) is 0 Å². The van der Waals surface area contributed by atoms with Crippen LogP contribution >= 0.6 is 23.2 Å². The minimum atomic E-state index is -0.727. The minimum Gasteiger partial charge on any atom is -0.495 e. The molecule has 2 N–H and O–H groups in total. The molecule has 0 atom stereocenters. The molecule has 4 aromatic rings. The van der Waals surface area contributed by atoms with Gasteiger partial charge < -0.3 is 24.1 Å². The maximum Gasteiger partial charge on any atom is 0.419 e. The number of anilines is 1. The third kappa shape index (κ3) is 5.71. The summed E-state index contributed by atoms with van der Waals surface area (Å²) >= 11 is 13.3. The van der Waals surface area contributed by atoms with E-state index < -0.39 is 6.09 Å². The van der Waals surface area contributed by atoms with Crippen molar-refractivity contribution in [1.29, 1.82) is 0 Å². The van der Waals surface area contributed by atoms with Crippen molar-refractivity contribution in [1.82, 2.24) is 29.7 Å². The topological polar surface area (TPSA) is 118 Å². The Kier molecular flexibility index (Phi) is 8.03. The number of methoxy groups -OCH3 is 2. The number of rotatable bonds is 7. The molecule has 11 nitrogen and oxygen atoms in total. The molecule has 1 amide bonds. The summed E-state index contributed by atoms with van der Waals surface area (Å²) in [4.78, 5) is 33.7. The van der Waals surface area contributed by atoms with Crippen molar-refractivity contribution < 1.29 is 19.0 Å². The Morgan fingerprint density at radius 3 is 2.33 bits per heavy atom. The van der Waals surface area contributed by atoms with Gasteiger partial charge in [0.15, 0.2) is 5.75 Å². The second kappa shape index (κ2) is 11.6. The van der Waals surface area contributed by atoms with Crippen LogP contribution in [-0.4, -0.2) is 83.3 Å². The summed E-state index contributed by atoms with van der Waals surface area (Å²) in [6.45, 7) is 4.67. The van der Waals surface area contributed by atoms with Crippen LogP contribution in [0.2, 0.25) is 10.0 Å². The smallest absolute Gasteiger partial charge is 0.419 e. The molecule has 13 heteroatoms. The number of aromatic nitrogens is 4. The van der Waals surface area contributed by atoms with Crippen molar-refractivity contribution in [3.63, 3.8) is 0 Å². The molecule has 2 aromatic carbocycles. The number of nitrogens with one attached hydrogen (secondary N) is 2. The van der Waals surface area contributed by atoms with E-state index in [1.54, 1.807) is 24.4 Å². The fourth-order valence-electron chi connectivity index (χ4n) is 4.40. The number of aromatic amines is 1. The summed E-state index contributed by atoms with van der Waals surface area (Å²) in [5.74, 6) is 1.26. The van der Waals surface area contributed by atoms with Crippen LogP contribution in [0.1, 0.15) is 5.69 Å². The number of ether oxygens (including phenoxy) is 3. The molecule has 1 saturated heterocycles. The largest absolute Gasteiger partial charge is 0.495 e. The fourth-order valence-corrected chi connectivity index (χ4v) is 5.10. The van der Waals surface area contributed by atoms with E-state index in [-0.39, 0.29) is 21.7 Å². The van der Waals surface area contributed by atoms with Gasteiger partial charge in [-0.1, -0.05) is 23.2 Å². The number of hydrogen-bond acceptors (Lipinski definition) is 9. The van der Waals surface area contributed by atoms with Gasteiger partial charge in [0.2, 0.25) is 5.95 Å². The first-order valence-electron chi connectivity index (χ1n) is 12.2. The van der Waals surface area contributed by atoms with E-state index in [9.17, 15) is 4.79 Å². The SMILES string of the molecule is COc1cc(OC)c(Cl)c(-c2ccc(OC(=O)Nc3nc(CN4CCN(C)CC4)c[nH]3)c3nccnc23)c1Cl. The Hall–Kier alpha value is -3.64. The Balaban J connectivity index is 1.37. The number of imidazole rings is 1. The highest BCUT2D eigenvalue weighted by atomic mass is 35.5. The van der Waals surface area contributed by atoms with Gasteiger partial charge in [-0.2, -0.15) is 0 Å². The molecular formula is C26H27Cl2N7O4. The summed E-state index contributed by atoms with van der Waals surface area (Å²) in [7, 11) is 5.11. The number of likely N-dealkylation sites (N-methyl/N-ethyl adjacent to an activating group) is 1. The molecule has 204 valence electrons. The van der Waals surface area contributed by atoms with Crippen molar-refractivity contribution in [3.8, 4) is 28.4 Å². The molecule has 0 bridgehead atoms. The van der Waals surface area contributed by atoms with Gasteiger partial charge in [-0.3, -0.25) is 15.2 Å². The number of fused-ring (bicyclic) bond motifs is 1. The Morgan fingerprint density at radius 2 is 1.67 bits per heavy atom. The molecule has 1 fully saturated rings. The second-order valence-electron chi connectivity index (χ2n) is 8.98. The highest BCUT2D eigenvalue weighted by Gasteiger charge is 2.23. The van der Waals surface area contributed by atoms with Crippen LogP contribution in [0, 0.1) is 0 Å². The average molecular weight is 572 g/mol. The van der Waals surface area contributed by atoms with E-state index in [0.29, 0.717) is 40.2 Å². The number of amides is 1. The molecule has 0 saturated carbocycles. The van der Waals surface area contributed by atoms with Crippen molar-refractivity contribution in [3.05, 3.63) is 52.5 Å². The quantitative estimate of drug-likeness (QED) is 0.325. The molecule has 0 aliphatic carbocycles. The van der Waals surface area contributed by atoms with Crippen LogP contribution in [0.5, 0.6) is 17.2 Å². The highest BCUT2D eigenvalue weighted by molar-refractivity contribution is 6.41. The van der Waals surface area contributed by atoms with Crippen LogP contribution in [0.4, 0.5) is 10.7 Å². The standard InChI is InChI=1S/C26H27Cl2N7O4/c1-34-8-10-35(11-9-34)14-15-13-31-25(32-15)33-26(36)39-17-5-4-16(23-24(17)30-7-6-29-23)20-21(27)18(37-2)12-19(38-3)22(20)28/h4-7,12-13H,8-11,14H2,1-3H3,(H2,31,32,33,36). The summed E-state index contributed by atoms with van der Waals surface area (Å²) < 4.78 is 16.4. The molecule has 5 rings (SSSR count). The predicted octanol–water partition coefficient (Wildman–Crippen LogP) is 4.70. The lowest BCUT2D eigenvalue weighted by Gasteiger charge is -2.31. The third-order valence-electron chi connectivity index (χ3n) is 6.47. The Morgan fingerprint density at radius 1 is 1.00 bits per heavy atom. The van der Waals surface area contributed by atoms with Crippen LogP contribution < -0.4 is 19.5 Å². The van der Waals surface area contributed by atoms with E-state index in [1.165, 1.54) is 26.6 Å². The van der Waals surface area contributed by atoms with Gasteiger partial charge in [-0.05, 0) is 19.2 Å². The lowest BCUT2D eigenvalue weighted by Crippen LogP contribution is -2.43. The predicted molar refractivity (Wildman–Crippen MR) is 149 cm³/mol. The zero-order valence-electron chi connectivity index (χ0n) is 21.6. The van der Waals surface area contributed by atoms with E-state index in [2.05, 4.69) is 42.1 Å². The first-order valence-corrected chi connectivity index (χ1v) is 12.9. The molecule has 0 radical (unpaired) electrons. The van der Waals surface area contributed by atoms with Gasteiger partial charge in [0, 0.05) is 68.5 Å². The fraction of sp³-hybridized carbons (Fsp3) is 0.308. The number of H-pyrrole nitrogens is 1. The number of carbonyl (C=O) groups is 1. The molecular weight excluding hydrogens is 545 g/mol. The maximum absolute atomic E-state index is 12.8. The molecule has 1 aliphatic rings. The number of nitrogens with zero attached hydrogens (tertiary/aromatic N) is 5. The Labute approximate surface area is 235 Å². The van der Waals surface area contributed by atoms with Crippen LogP contribution in [0.15, 0.2) is 36.8 Å². The molecule has 0 unspecified atom stereocenters. The van der Waals surface area contributed by atoms with E-state index in [1.807, 2.05) is 0 Å². The maximum atomic E-state index is 12.8. The zero-order valence-corrected chi connectivity index (χ0v) is 23.1. The summed E-state index contributed by atoms with van der Waals surface area (Å²) in [6.07, 6.45) is 4.08. The molecule has 3 heterocycles. The van der Waals surface area contributed by atoms with Crippen molar-refractivity contribution >= 4 is 46.3 Å².